The molecule has 0 radical (unpaired) electrons. The van der Waals surface area contributed by atoms with E-state index >= 15 is 0 Å². The van der Waals surface area contributed by atoms with Gasteiger partial charge in [-0.2, -0.15) is 0 Å². The summed E-state index contributed by atoms with van der Waals surface area (Å²) in [5.74, 6) is 0.143. The van der Waals surface area contributed by atoms with Crippen LogP contribution in [-0.2, 0) is 9.53 Å². The molecule has 1 fully saturated rings. The minimum absolute atomic E-state index is 0.0213. The van der Waals surface area contributed by atoms with E-state index in [0.29, 0.717) is 6.54 Å². The van der Waals surface area contributed by atoms with Gasteiger partial charge in [0, 0.05) is 26.7 Å². The summed E-state index contributed by atoms with van der Waals surface area (Å²) in [7, 11) is 3.73. The smallest absolute Gasteiger partial charge is 0.237 e. The van der Waals surface area contributed by atoms with Crippen LogP contribution in [0.5, 0.6) is 0 Å². The monoisotopic (exact) mass is 243 g/mol. The summed E-state index contributed by atoms with van der Waals surface area (Å²) >= 11 is 0. The third-order valence-corrected chi connectivity index (χ3v) is 3.10. The summed E-state index contributed by atoms with van der Waals surface area (Å²) < 4.78 is 5.00. The Bertz CT molecular complexity index is 218. The molecule has 1 amide bonds. The predicted molar refractivity (Wildman–Crippen MR) is 68.0 cm³/mol. The summed E-state index contributed by atoms with van der Waals surface area (Å²) in [6, 6.07) is 0.0213. The van der Waals surface area contributed by atoms with Gasteiger partial charge in [-0.15, -0.1) is 0 Å². The minimum Gasteiger partial charge on any atom is -0.383 e. The van der Waals surface area contributed by atoms with E-state index in [9.17, 15) is 4.79 Å². The highest BCUT2D eigenvalue weighted by Gasteiger charge is 2.19. The van der Waals surface area contributed by atoms with Crippen LogP contribution in [-0.4, -0.2) is 63.8 Å². The van der Waals surface area contributed by atoms with Crippen molar-refractivity contribution in [2.75, 3.05) is 46.9 Å². The molecule has 2 N–H and O–H groups in total. The van der Waals surface area contributed by atoms with E-state index in [1.807, 2.05) is 7.05 Å². The molecule has 1 rings (SSSR count). The van der Waals surface area contributed by atoms with Crippen molar-refractivity contribution < 1.29 is 9.53 Å². The highest BCUT2D eigenvalue weighted by molar-refractivity contribution is 5.81. The number of likely N-dealkylation sites (N-methyl/N-ethyl adjacent to an activating group) is 1. The molecule has 0 aromatic rings. The van der Waals surface area contributed by atoms with Gasteiger partial charge < -0.3 is 20.3 Å². The number of amides is 1. The van der Waals surface area contributed by atoms with Crippen LogP contribution in [0.2, 0.25) is 0 Å². The van der Waals surface area contributed by atoms with E-state index in [2.05, 4.69) is 15.5 Å². The summed E-state index contributed by atoms with van der Waals surface area (Å²) in [4.78, 5) is 13.9. The number of nitrogens with one attached hydrogen (secondary N) is 2. The van der Waals surface area contributed by atoms with Crippen molar-refractivity contribution in [3.8, 4) is 0 Å². The van der Waals surface area contributed by atoms with E-state index in [1.54, 1.807) is 7.11 Å². The lowest BCUT2D eigenvalue weighted by Gasteiger charge is -2.23. The van der Waals surface area contributed by atoms with E-state index in [4.69, 9.17) is 4.74 Å². The molecule has 0 unspecified atom stereocenters. The zero-order valence-corrected chi connectivity index (χ0v) is 11.0. The molecule has 1 saturated heterocycles. The van der Waals surface area contributed by atoms with Crippen molar-refractivity contribution >= 4 is 5.91 Å². The van der Waals surface area contributed by atoms with Crippen molar-refractivity contribution in [1.82, 2.24) is 15.5 Å². The predicted octanol–water partition coefficient (Wildman–Crippen LogP) is -0.177. The second-order valence-electron chi connectivity index (χ2n) is 4.59. The maximum atomic E-state index is 11.8. The molecule has 17 heavy (non-hydrogen) atoms. The molecule has 1 aliphatic heterocycles. The number of rotatable bonds is 7. The average Bonchev–Trinajstić information content (AvgIpc) is 2.37. The normalized spacial score (nSPS) is 20.5. The molecule has 0 aromatic carbocycles. The van der Waals surface area contributed by atoms with Gasteiger partial charge in [0.05, 0.1) is 12.6 Å². The lowest BCUT2D eigenvalue weighted by Crippen LogP contribution is -2.48. The van der Waals surface area contributed by atoms with Gasteiger partial charge in [0.1, 0.15) is 0 Å². The molecule has 0 bridgehead atoms. The van der Waals surface area contributed by atoms with Gasteiger partial charge in [0.2, 0.25) is 5.91 Å². The Balaban J connectivity index is 2.06. The van der Waals surface area contributed by atoms with Crippen molar-refractivity contribution in [3.05, 3.63) is 0 Å². The number of hydrogen-bond donors (Lipinski definition) is 2. The molecule has 0 aliphatic carbocycles. The number of carbonyl (C=O) groups excluding carboxylic acids is 1. The number of nitrogens with zero attached hydrogens (tertiary/aromatic N) is 1. The zero-order chi connectivity index (χ0) is 12.5. The molecule has 5 nitrogen and oxygen atoms in total. The number of ether oxygens (including phenoxy) is 1. The van der Waals surface area contributed by atoms with Gasteiger partial charge in [0.25, 0.3) is 0 Å². The third kappa shape index (κ3) is 6.00. The fourth-order valence-corrected chi connectivity index (χ4v) is 1.93. The Morgan fingerprint density at radius 3 is 2.94 bits per heavy atom. The van der Waals surface area contributed by atoms with E-state index in [1.165, 1.54) is 6.42 Å². The van der Waals surface area contributed by atoms with Gasteiger partial charge in [-0.1, -0.05) is 6.42 Å². The van der Waals surface area contributed by atoms with Crippen molar-refractivity contribution in [2.45, 2.75) is 25.3 Å². The van der Waals surface area contributed by atoms with Crippen LogP contribution in [0, 0.1) is 0 Å². The van der Waals surface area contributed by atoms with Gasteiger partial charge >= 0.3 is 0 Å². The standard InChI is InChI=1S/C12H25N3O2/c1-15(9-10-17-2)8-7-14-12(16)11-5-3-4-6-13-11/h11,13H,3-10H2,1-2H3,(H,14,16)/t11-/m1/s1. The van der Waals surface area contributed by atoms with E-state index in [-0.39, 0.29) is 11.9 Å². The van der Waals surface area contributed by atoms with Crippen molar-refractivity contribution in [2.24, 2.45) is 0 Å². The van der Waals surface area contributed by atoms with Crippen LogP contribution in [0.1, 0.15) is 19.3 Å². The summed E-state index contributed by atoms with van der Waals surface area (Å²) in [6.07, 6.45) is 3.30. The number of piperidine rings is 1. The first-order chi connectivity index (χ1) is 8.24. The molecule has 1 aliphatic rings. The summed E-state index contributed by atoms with van der Waals surface area (Å²) in [5, 5.41) is 6.22. The Labute approximate surface area is 104 Å². The maximum absolute atomic E-state index is 11.8. The maximum Gasteiger partial charge on any atom is 0.237 e. The van der Waals surface area contributed by atoms with Gasteiger partial charge in [-0.25, -0.2) is 0 Å². The van der Waals surface area contributed by atoms with E-state index in [0.717, 1.165) is 39.1 Å². The Hall–Kier alpha value is -0.650. The molecule has 1 atom stereocenters. The van der Waals surface area contributed by atoms with Crippen LogP contribution in [0.25, 0.3) is 0 Å². The average molecular weight is 243 g/mol. The molecule has 0 aromatic heterocycles. The fourth-order valence-electron chi connectivity index (χ4n) is 1.93. The highest BCUT2D eigenvalue weighted by Crippen LogP contribution is 2.06. The lowest BCUT2D eigenvalue weighted by atomic mass is 10.0. The zero-order valence-electron chi connectivity index (χ0n) is 11.0. The quantitative estimate of drug-likeness (QED) is 0.651. The Morgan fingerprint density at radius 2 is 2.29 bits per heavy atom. The second kappa shape index (κ2) is 8.44. The highest BCUT2D eigenvalue weighted by atomic mass is 16.5. The summed E-state index contributed by atoms with van der Waals surface area (Å²) in [5.41, 5.74) is 0. The first kappa shape index (κ1) is 14.4. The molecule has 1 heterocycles. The third-order valence-electron chi connectivity index (χ3n) is 3.10. The van der Waals surface area contributed by atoms with Crippen LogP contribution < -0.4 is 10.6 Å². The first-order valence-corrected chi connectivity index (χ1v) is 6.42. The lowest BCUT2D eigenvalue weighted by molar-refractivity contribution is -0.123. The van der Waals surface area contributed by atoms with Crippen LogP contribution in [0.4, 0.5) is 0 Å². The van der Waals surface area contributed by atoms with Gasteiger partial charge in [-0.05, 0) is 26.4 Å². The number of hydrogen-bond acceptors (Lipinski definition) is 4. The Kier molecular flexibility index (Phi) is 7.16. The van der Waals surface area contributed by atoms with Crippen LogP contribution in [0.15, 0.2) is 0 Å². The second-order valence-corrected chi connectivity index (χ2v) is 4.59. The van der Waals surface area contributed by atoms with Gasteiger partial charge in [-0.3, -0.25) is 4.79 Å². The molecular weight excluding hydrogens is 218 g/mol. The molecular formula is C12H25N3O2. The SMILES string of the molecule is COCCN(C)CCNC(=O)[C@H]1CCCCN1. The van der Waals surface area contributed by atoms with Crippen molar-refractivity contribution in [3.63, 3.8) is 0 Å². The fraction of sp³-hybridized carbons (Fsp3) is 0.917. The Morgan fingerprint density at radius 1 is 1.47 bits per heavy atom. The molecule has 0 saturated carbocycles. The number of methoxy groups -OCH3 is 1. The first-order valence-electron chi connectivity index (χ1n) is 6.42. The molecule has 100 valence electrons. The van der Waals surface area contributed by atoms with Crippen LogP contribution in [0.3, 0.4) is 0 Å². The van der Waals surface area contributed by atoms with Crippen molar-refractivity contribution in [1.29, 1.82) is 0 Å². The molecule has 5 heteroatoms. The largest absolute Gasteiger partial charge is 0.383 e. The topological polar surface area (TPSA) is 53.6 Å². The number of carbonyl (C=O) groups is 1. The van der Waals surface area contributed by atoms with Gasteiger partial charge in [0.15, 0.2) is 0 Å². The summed E-state index contributed by atoms with van der Waals surface area (Å²) in [6.45, 7) is 4.16. The van der Waals surface area contributed by atoms with E-state index < -0.39 is 0 Å². The minimum atomic E-state index is 0.0213. The van der Waals surface area contributed by atoms with Crippen LogP contribution >= 0.6 is 0 Å². The molecule has 0 spiro atoms.